The van der Waals surface area contributed by atoms with Crippen LogP contribution < -0.4 is 19.7 Å². The number of hydrogen-bond donors (Lipinski definition) is 1. The van der Waals surface area contributed by atoms with Crippen LogP contribution in [-0.4, -0.2) is 42.2 Å². The van der Waals surface area contributed by atoms with E-state index in [1.807, 2.05) is 45.0 Å². The fraction of sp³-hybridized carbons (Fsp3) is 0.500. The fourth-order valence-corrected chi connectivity index (χ4v) is 3.52. The van der Waals surface area contributed by atoms with Crippen molar-refractivity contribution in [1.29, 1.82) is 0 Å². The van der Waals surface area contributed by atoms with Crippen LogP contribution in [0.15, 0.2) is 36.7 Å². The Morgan fingerprint density at radius 1 is 1.14 bits per heavy atom. The van der Waals surface area contributed by atoms with E-state index in [1.165, 1.54) is 0 Å². The van der Waals surface area contributed by atoms with Gasteiger partial charge in [-0.2, -0.15) is 0 Å². The number of benzene rings is 1. The minimum Gasteiger partial charge on any atom is -0.493 e. The number of amides is 1. The molecule has 1 amide bonds. The lowest BCUT2D eigenvalue weighted by Crippen LogP contribution is -2.41. The Hall–Kier alpha value is -2.83. The molecule has 0 radical (unpaired) electrons. The van der Waals surface area contributed by atoms with Crippen molar-refractivity contribution < 1.29 is 14.3 Å². The van der Waals surface area contributed by atoms with Gasteiger partial charge in [0.05, 0.1) is 19.3 Å². The van der Waals surface area contributed by atoms with E-state index in [1.54, 1.807) is 19.5 Å². The molecule has 1 saturated heterocycles. The first-order valence-electron chi connectivity index (χ1n) is 10.1. The van der Waals surface area contributed by atoms with Crippen LogP contribution in [0.2, 0.25) is 0 Å². The molecule has 7 heteroatoms. The maximum atomic E-state index is 12.8. The van der Waals surface area contributed by atoms with Gasteiger partial charge in [0.1, 0.15) is 0 Å². The zero-order valence-electron chi connectivity index (χ0n) is 17.6. The average molecular weight is 399 g/mol. The molecule has 1 atom stereocenters. The normalized spacial score (nSPS) is 15.8. The van der Waals surface area contributed by atoms with E-state index < -0.39 is 0 Å². The molecule has 1 aliphatic heterocycles. The Balaban J connectivity index is 1.57. The number of nitrogens with one attached hydrogen (secondary N) is 1. The van der Waals surface area contributed by atoms with Gasteiger partial charge >= 0.3 is 0 Å². The average Bonchev–Trinajstić information content (AvgIpc) is 2.74. The van der Waals surface area contributed by atoms with Gasteiger partial charge in [0, 0.05) is 31.4 Å². The van der Waals surface area contributed by atoms with E-state index in [0.717, 1.165) is 37.4 Å². The molecule has 7 nitrogen and oxygen atoms in total. The predicted molar refractivity (Wildman–Crippen MR) is 112 cm³/mol. The second-order valence-electron chi connectivity index (χ2n) is 7.62. The summed E-state index contributed by atoms with van der Waals surface area (Å²) in [6, 6.07) is 7.50. The molecular weight excluding hydrogens is 368 g/mol. The van der Waals surface area contributed by atoms with Gasteiger partial charge < -0.3 is 19.7 Å². The van der Waals surface area contributed by atoms with E-state index in [9.17, 15) is 4.79 Å². The molecule has 1 aromatic heterocycles. The van der Waals surface area contributed by atoms with Crippen LogP contribution >= 0.6 is 0 Å². The van der Waals surface area contributed by atoms with Crippen LogP contribution in [0.3, 0.4) is 0 Å². The minimum atomic E-state index is -0.111. The Bertz CT molecular complexity index is 805. The summed E-state index contributed by atoms with van der Waals surface area (Å²) in [4.78, 5) is 23.5. The first-order valence-corrected chi connectivity index (χ1v) is 10.1. The quantitative estimate of drug-likeness (QED) is 0.771. The molecule has 29 heavy (non-hydrogen) atoms. The number of piperidine rings is 1. The molecule has 2 heterocycles. The van der Waals surface area contributed by atoms with Crippen molar-refractivity contribution in [2.75, 3.05) is 25.1 Å². The Morgan fingerprint density at radius 2 is 1.83 bits per heavy atom. The summed E-state index contributed by atoms with van der Waals surface area (Å²) >= 11 is 0. The number of ether oxygens (including phenoxy) is 2. The highest BCUT2D eigenvalue weighted by Crippen LogP contribution is 2.31. The number of hydrogen-bond acceptors (Lipinski definition) is 6. The van der Waals surface area contributed by atoms with E-state index in [0.29, 0.717) is 11.5 Å². The van der Waals surface area contributed by atoms with E-state index in [4.69, 9.17) is 9.47 Å². The van der Waals surface area contributed by atoms with Crippen molar-refractivity contribution in [2.24, 2.45) is 5.92 Å². The van der Waals surface area contributed by atoms with Crippen LogP contribution in [0.4, 0.5) is 5.95 Å². The third kappa shape index (κ3) is 5.37. The molecule has 0 saturated carbocycles. The summed E-state index contributed by atoms with van der Waals surface area (Å²) in [6.07, 6.45) is 5.14. The van der Waals surface area contributed by atoms with Gasteiger partial charge in [0.25, 0.3) is 0 Å². The lowest BCUT2D eigenvalue weighted by atomic mass is 9.95. The van der Waals surface area contributed by atoms with Crippen LogP contribution in [0.1, 0.15) is 45.2 Å². The molecule has 1 aliphatic rings. The molecule has 1 fully saturated rings. The number of carbonyl (C=O) groups is 1. The maximum Gasteiger partial charge on any atom is 0.225 e. The van der Waals surface area contributed by atoms with Crippen molar-refractivity contribution >= 4 is 11.9 Å². The zero-order chi connectivity index (χ0) is 20.8. The summed E-state index contributed by atoms with van der Waals surface area (Å²) in [5, 5.41) is 3.15. The van der Waals surface area contributed by atoms with Gasteiger partial charge in [0.15, 0.2) is 11.5 Å². The number of nitrogens with zero attached hydrogens (tertiary/aromatic N) is 3. The number of aromatic nitrogens is 2. The highest BCUT2D eigenvalue weighted by molar-refractivity contribution is 5.79. The third-order valence-electron chi connectivity index (χ3n) is 5.11. The third-order valence-corrected chi connectivity index (χ3v) is 5.11. The lowest BCUT2D eigenvalue weighted by Gasteiger charge is -2.31. The second-order valence-corrected chi connectivity index (χ2v) is 7.62. The highest BCUT2D eigenvalue weighted by Gasteiger charge is 2.27. The van der Waals surface area contributed by atoms with E-state index in [2.05, 4.69) is 20.2 Å². The van der Waals surface area contributed by atoms with Crippen LogP contribution in [-0.2, 0) is 4.79 Å². The number of methoxy groups -OCH3 is 1. The molecule has 3 rings (SSSR count). The summed E-state index contributed by atoms with van der Waals surface area (Å²) in [6.45, 7) is 7.51. The summed E-state index contributed by atoms with van der Waals surface area (Å²) in [7, 11) is 1.62. The number of anilines is 1. The SMILES string of the molecule is COc1cc(C(C)NC(=O)C2CCN(c3ncccn3)CC2)ccc1OC(C)C. The number of rotatable bonds is 7. The van der Waals surface area contributed by atoms with Gasteiger partial charge in [-0.1, -0.05) is 6.07 Å². The van der Waals surface area contributed by atoms with Crippen molar-refractivity contribution in [3.63, 3.8) is 0 Å². The molecule has 1 aromatic carbocycles. The largest absolute Gasteiger partial charge is 0.493 e. The summed E-state index contributed by atoms with van der Waals surface area (Å²) < 4.78 is 11.2. The Morgan fingerprint density at radius 3 is 2.45 bits per heavy atom. The second kappa shape index (κ2) is 9.58. The molecule has 1 unspecified atom stereocenters. The Labute approximate surface area is 172 Å². The topological polar surface area (TPSA) is 76.6 Å². The van der Waals surface area contributed by atoms with Gasteiger partial charge in [0.2, 0.25) is 11.9 Å². The number of carbonyl (C=O) groups excluding carboxylic acids is 1. The monoisotopic (exact) mass is 398 g/mol. The van der Waals surface area contributed by atoms with E-state index >= 15 is 0 Å². The smallest absolute Gasteiger partial charge is 0.225 e. The van der Waals surface area contributed by atoms with Crippen LogP contribution in [0.5, 0.6) is 11.5 Å². The van der Waals surface area contributed by atoms with Crippen molar-refractivity contribution in [3.8, 4) is 11.5 Å². The summed E-state index contributed by atoms with van der Waals surface area (Å²) in [5.41, 5.74) is 0.987. The molecule has 156 valence electrons. The first kappa shape index (κ1) is 20.9. The molecule has 1 N–H and O–H groups in total. The fourth-order valence-electron chi connectivity index (χ4n) is 3.52. The minimum absolute atomic E-state index is 0.00264. The maximum absolute atomic E-state index is 12.8. The Kier molecular flexibility index (Phi) is 6.90. The molecule has 2 aromatic rings. The van der Waals surface area contributed by atoms with Gasteiger partial charge in [-0.15, -0.1) is 0 Å². The molecule has 0 spiro atoms. The molecule has 0 bridgehead atoms. The zero-order valence-corrected chi connectivity index (χ0v) is 17.6. The van der Waals surface area contributed by atoms with Gasteiger partial charge in [-0.3, -0.25) is 4.79 Å². The molecular formula is C22H30N4O3. The standard InChI is InChI=1S/C22H30N4O3/c1-15(2)29-19-7-6-18(14-20(19)28-4)16(3)25-21(27)17-8-12-26(13-9-17)22-23-10-5-11-24-22/h5-7,10-11,14-17H,8-9,12-13H2,1-4H3,(H,25,27). The van der Waals surface area contributed by atoms with Gasteiger partial charge in [-0.25, -0.2) is 9.97 Å². The van der Waals surface area contributed by atoms with Crippen molar-refractivity contribution in [3.05, 3.63) is 42.2 Å². The van der Waals surface area contributed by atoms with Crippen molar-refractivity contribution in [2.45, 2.75) is 45.8 Å². The lowest BCUT2D eigenvalue weighted by molar-refractivity contribution is -0.126. The predicted octanol–water partition coefficient (Wildman–Crippen LogP) is 3.37. The molecule has 0 aliphatic carbocycles. The van der Waals surface area contributed by atoms with Crippen LogP contribution in [0.25, 0.3) is 0 Å². The van der Waals surface area contributed by atoms with E-state index in [-0.39, 0.29) is 24.0 Å². The first-order chi connectivity index (χ1) is 14.0. The van der Waals surface area contributed by atoms with Crippen LogP contribution in [0, 0.1) is 5.92 Å². The highest BCUT2D eigenvalue weighted by atomic mass is 16.5. The van der Waals surface area contributed by atoms with Crippen molar-refractivity contribution in [1.82, 2.24) is 15.3 Å². The van der Waals surface area contributed by atoms with Gasteiger partial charge in [-0.05, 0) is 57.4 Å². The summed E-state index contributed by atoms with van der Waals surface area (Å²) in [5.74, 6) is 2.21.